The molecule has 0 aliphatic carbocycles. The molecule has 1 rings (SSSR count). The fourth-order valence-electron chi connectivity index (χ4n) is 2.33. The zero-order valence-electron chi connectivity index (χ0n) is 14.5. The van der Waals surface area contributed by atoms with E-state index >= 15 is 0 Å². The van der Waals surface area contributed by atoms with Gasteiger partial charge in [-0.15, -0.1) is 0 Å². The van der Waals surface area contributed by atoms with Gasteiger partial charge in [0.1, 0.15) is 6.42 Å². The number of rotatable bonds is 9. The summed E-state index contributed by atoms with van der Waals surface area (Å²) in [6.07, 6.45) is -0.257. The number of carbonyl (C=O) groups is 3. The summed E-state index contributed by atoms with van der Waals surface area (Å²) in [5, 5.41) is 0. The van der Waals surface area contributed by atoms with Gasteiger partial charge in [-0.25, -0.2) is 0 Å². The highest BCUT2D eigenvalue weighted by Crippen LogP contribution is 2.21. The number of esters is 2. The van der Waals surface area contributed by atoms with E-state index in [0.29, 0.717) is 6.61 Å². The molecule has 0 fully saturated rings. The maximum absolute atomic E-state index is 12.5. The van der Waals surface area contributed by atoms with Crippen molar-refractivity contribution in [3.05, 3.63) is 35.9 Å². The van der Waals surface area contributed by atoms with Crippen LogP contribution < -0.4 is 0 Å². The van der Waals surface area contributed by atoms with Crippen LogP contribution in [0.2, 0.25) is 0 Å². The third-order valence-corrected chi connectivity index (χ3v) is 3.53. The van der Waals surface area contributed by atoms with E-state index in [1.807, 2.05) is 37.3 Å². The number of carbonyl (C=O) groups excluding carboxylic acids is 3. The van der Waals surface area contributed by atoms with Gasteiger partial charge in [-0.1, -0.05) is 30.3 Å². The van der Waals surface area contributed by atoms with Crippen molar-refractivity contribution in [3.8, 4) is 0 Å². The molecule has 0 aliphatic heterocycles. The standard InChI is InChI=1S/C18H25NO5/c1-4-23-17(21)11-12-19(16(20)13-18(22)24-5-2)14(3)15-9-7-6-8-10-15/h6-10,14H,4-5,11-13H2,1-3H3/t14-/m0/s1. The molecule has 0 saturated heterocycles. The zero-order valence-corrected chi connectivity index (χ0v) is 14.5. The van der Waals surface area contributed by atoms with Crippen LogP contribution in [0.4, 0.5) is 0 Å². The largest absolute Gasteiger partial charge is 0.466 e. The molecule has 24 heavy (non-hydrogen) atoms. The lowest BCUT2D eigenvalue weighted by atomic mass is 10.1. The molecule has 0 unspecified atom stereocenters. The van der Waals surface area contributed by atoms with Crippen LogP contribution in [0.1, 0.15) is 45.2 Å². The van der Waals surface area contributed by atoms with Gasteiger partial charge >= 0.3 is 11.9 Å². The molecule has 6 heteroatoms. The zero-order chi connectivity index (χ0) is 17.9. The summed E-state index contributed by atoms with van der Waals surface area (Å²) < 4.78 is 9.74. The van der Waals surface area contributed by atoms with Crippen LogP contribution in [-0.2, 0) is 23.9 Å². The minimum Gasteiger partial charge on any atom is -0.466 e. The summed E-state index contributed by atoms with van der Waals surface area (Å²) in [6, 6.07) is 9.19. The number of amides is 1. The lowest BCUT2D eigenvalue weighted by Gasteiger charge is -2.29. The quantitative estimate of drug-likeness (QED) is 0.512. The molecule has 0 N–H and O–H groups in total. The van der Waals surface area contributed by atoms with Crippen molar-refractivity contribution in [3.63, 3.8) is 0 Å². The summed E-state index contributed by atoms with van der Waals surface area (Å²) in [5.74, 6) is -1.30. The molecule has 0 saturated carbocycles. The van der Waals surface area contributed by atoms with Crippen molar-refractivity contribution >= 4 is 17.8 Å². The molecular formula is C18H25NO5. The average Bonchev–Trinajstić information content (AvgIpc) is 2.56. The Balaban J connectivity index is 2.83. The van der Waals surface area contributed by atoms with Crippen LogP contribution in [-0.4, -0.2) is 42.5 Å². The number of hydrogen-bond donors (Lipinski definition) is 0. The molecular weight excluding hydrogens is 310 g/mol. The Morgan fingerprint density at radius 1 is 1.00 bits per heavy atom. The van der Waals surface area contributed by atoms with Gasteiger partial charge in [0.05, 0.1) is 25.7 Å². The van der Waals surface area contributed by atoms with E-state index in [1.165, 1.54) is 4.90 Å². The van der Waals surface area contributed by atoms with E-state index in [1.54, 1.807) is 13.8 Å². The van der Waals surface area contributed by atoms with Crippen molar-refractivity contribution in [2.24, 2.45) is 0 Å². The predicted octanol–water partition coefficient (Wildman–Crippen LogP) is 2.48. The lowest BCUT2D eigenvalue weighted by Crippen LogP contribution is -2.37. The van der Waals surface area contributed by atoms with E-state index < -0.39 is 5.97 Å². The van der Waals surface area contributed by atoms with Crippen LogP contribution in [0, 0.1) is 0 Å². The minimum atomic E-state index is -0.566. The molecule has 132 valence electrons. The second-order valence-electron chi connectivity index (χ2n) is 5.21. The molecule has 1 aromatic rings. The molecule has 1 aromatic carbocycles. The third kappa shape index (κ3) is 6.40. The maximum atomic E-state index is 12.5. The van der Waals surface area contributed by atoms with Crippen molar-refractivity contribution in [1.82, 2.24) is 4.90 Å². The first-order valence-corrected chi connectivity index (χ1v) is 8.15. The Morgan fingerprint density at radius 2 is 1.58 bits per heavy atom. The smallest absolute Gasteiger partial charge is 0.315 e. The van der Waals surface area contributed by atoms with Crippen LogP contribution in [0.15, 0.2) is 30.3 Å². The Kier molecular flexibility index (Phi) is 8.54. The highest BCUT2D eigenvalue weighted by atomic mass is 16.5. The normalized spacial score (nSPS) is 11.5. The molecule has 1 atom stereocenters. The summed E-state index contributed by atoms with van der Waals surface area (Å²) in [7, 11) is 0. The third-order valence-electron chi connectivity index (χ3n) is 3.53. The molecule has 0 aromatic heterocycles. The number of benzene rings is 1. The van der Waals surface area contributed by atoms with Crippen LogP contribution in [0.25, 0.3) is 0 Å². The van der Waals surface area contributed by atoms with Gasteiger partial charge in [0.15, 0.2) is 0 Å². The molecule has 6 nitrogen and oxygen atoms in total. The highest BCUT2D eigenvalue weighted by Gasteiger charge is 2.24. The Morgan fingerprint density at radius 3 is 2.17 bits per heavy atom. The van der Waals surface area contributed by atoms with E-state index in [0.717, 1.165) is 5.56 Å². The fraction of sp³-hybridized carbons (Fsp3) is 0.500. The topological polar surface area (TPSA) is 72.9 Å². The molecule has 0 spiro atoms. The van der Waals surface area contributed by atoms with Gasteiger partial charge in [0, 0.05) is 6.54 Å². The van der Waals surface area contributed by atoms with Crippen molar-refractivity contribution in [1.29, 1.82) is 0 Å². The Hall–Kier alpha value is -2.37. The predicted molar refractivity (Wildman–Crippen MR) is 89.1 cm³/mol. The van der Waals surface area contributed by atoms with E-state index in [2.05, 4.69) is 0 Å². The highest BCUT2D eigenvalue weighted by molar-refractivity contribution is 5.94. The van der Waals surface area contributed by atoms with Crippen LogP contribution >= 0.6 is 0 Å². The molecule has 0 bridgehead atoms. The van der Waals surface area contributed by atoms with Crippen molar-refractivity contribution in [2.45, 2.75) is 39.7 Å². The first-order chi connectivity index (χ1) is 11.5. The molecule has 0 aliphatic rings. The van der Waals surface area contributed by atoms with Gasteiger partial charge in [-0.3, -0.25) is 14.4 Å². The first-order valence-electron chi connectivity index (χ1n) is 8.15. The van der Waals surface area contributed by atoms with E-state index in [9.17, 15) is 14.4 Å². The van der Waals surface area contributed by atoms with Gasteiger partial charge in [-0.05, 0) is 26.3 Å². The number of ether oxygens (including phenoxy) is 2. The van der Waals surface area contributed by atoms with Gasteiger partial charge in [0.2, 0.25) is 5.91 Å². The van der Waals surface area contributed by atoms with Gasteiger partial charge < -0.3 is 14.4 Å². The lowest BCUT2D eigenvalue weighted by molar-refractivity contribution is -0.149. The van der Waals surface area contributed by atoms with Crippen LogP contribution in [0.3, 0.4) is 0 Å². The summed E-state index contributed by atoms with van der Waals surface area (Å²) >= 11 is 0. The van der Waals surface area contributed by atoms with Gasteiger partial charge in [-0.2, -0.15) is 0 Å². The summed E-state index contributed by atoms with van der Waals surface area (Å²) in [5.41, 5.74) is 0.929. The number of hydrogen-bond acceptors (Lipinski definition) is 5. The maximum Gasteiger partial charge on any atom is 0.315 e. The second-order valence-corrected chi connectivity index (χ2v) is 5.21. The monoisotopic (exact) mass is 335 g/mol. The molecule has 0 radical (unpaired) electrons. The average molecular weight is 335 g/mol. The van der Waals surface area contributed by atoms with Crippen molar-refractivity contribution < 1.29 is 23.9 Å². The minimum absolute atomic E-state index is 0.0829. The fourth-order valence-corrected chi connectivity index (χ4v) is 2.33. The second kappa shape index (κ2) is 10.4. The van der Waals surface area contributed by atoms with Crippen LogP contribution in [0.5, 0.6) is 0 Å². The summed E-state index contributed by atoms with van der Waals surface area (Å²) in [4.78, 5) is 37.2. The van der Waals surface area contributed by atoms with Gasteiger partial charge in [0.25, 0.3) is 0 Å². The summed E-state index contributed by atoms with van der Waals surface area (Å²) in [6.45, 7) is 5.99. The van der Waals surface area contributed by atoms with E-state index in [4.69, 9.17) is 9.47 Å². The van der Waals surface area contributed by atoms with Crippen molar-refractivity contribution in [2.75, 3.05) is 19.8 Å². The Bertz CT molecular complexity index is 544. The Labute approximate surface area is 142 Å². The molecule has 1 amide bonds. The number of nitrogens with zero attached hydrogens (tertiary/aromatic N) is 1. The first kappa shape index (κ1) is 19.7. The van der Waals surface area contributed by atoms with E-state index in [-0.39, 0.29) is 43.9 Å². The molecule has 0 heterocycles. The SMILES string of the molecule is CCOC(=O)CCN(C(=O)CC(=O)OCC)[C@@H](C)c1ccccc1.